The molecule has 156 valence electrons. The number of carbonyl (C=O) groups is 1. The van der Waals surface area contributed by atoms with Crippen LogP contribution in [0.3, 0.4) is 0 Å². The maximum Gasteiger partial charge on any atom is 0.275 e. The Labute approximate surface area is 178 Å². The normalized spacial score (nSPS) is 15.7. The van der Waals surface area contributed by atoms with E-state index in [2.05, 4.69) is 59.6 Å². The van der Waals surface area contributed by atoms with Crippen LogP contribution < -0.4 is 19.9 Å². The van der Waals surface area contributed by atoms with E-state index in [1.54, 1.807) is 7.11 Å². The SMILES string of the molecule is COc1cccc(N2CC[NH+](CC(=O)N[C@@H](C)c3cccc4ccccc34)CC2)c1. The fourth-order valence-corrected chi connectivity index (χ4v) is 4.29. The molecule has 30 heavy (non-hydrogen) atoms. The number of rotatable bonds is 6. The van der Waals surface area contributed by atoms with Gasteiger partial charge in [-0.1, -0.05) is 48.5 Å². The Balaban J connectivity index is 1.31. The van der Waals surface area contributed by atoms with Gasteiger partial charge in [-0.15, -0.1) is 0 Å². The summed E-state index contributed by atoms with van der Waals surface area (Å²) in [5.41, 5.74) is 2.35. The quantitative estimate of drug-likeness (QED) is 0.663. The summed E-state index contributed by atoms with van der Waals surface area (Å²) in [6.45, 7) is 6.36. The summed E-state index contributed by atoms with van der Waals surface area (Å²) >= 11 is 0. The summed E-state index contributed by atoms with van der Waals surface area (Å²) in [5, 5.41) is 5.61. The molecule has 0 unspecified atom stereocenters. The zero-order valence-corrected chi connectivity index (χ0v) is 17.7. The molecule has 1 aliphatic rings. The number of benzene rings is 3. The molecular formula is C25H30N3O2+. The van der Waals surface area contributed by atoms with Crippen LogP contribution in [-0.2, 0) is 4.79 Å². The molecule has 0 aromatic heterocycles. The first-order chi connectivity index (χ1) is 14.6. The highest BCUT2D eigenvalue weighted by Crippen LogP contribution is 2.24. The third kappa shape index (κ3) is 4.57. The third-order valence-electron chi connectivity index (χ3n) is 5.97. The average Bonchev–Trinajstić information content (AvgIpc) is 2.79. The molecule has 1 heterocycles. The zero-order valence-electron chi connectivity index (χ0n) is 17.7. The number of hydrogen-bond acceptors (Lipinski definition) is 3. The molecule has 1 fully saturated rings. The number of piperazine rings is 1. The van der Waals surface area contributed by atoms with Gasteiger partial charge in [0.25, 0.3) is 5.91 Å². The molecule has 5 heteroatoms. The second-order valence-electron chi connectivity index (χ2n) is 7.97. The monoisotopic (exact) mass is 404 g/mol. The molecule has 1 atom stereocenters. The van der Waals surface area contributed by atoms with Crippen LogP contribution >= 0.6 is 0 Å². The van der Waals surface area contributed by atoms with E-state index in [0.29, 0.717) is 6.54 Å². The number of nitrogens with one attached hydrogen (secondary N) is 2. The standard InChI is InChI=1S/C25H29N3O2/c1-19(23-12-5-8-20-7-3-4-11-24(20)23)26-25(29)18-27-13-15-28(16-14-27)21-9-6-10-22(17-21)30-2/h3-12,17,19H,13-16,18H2,1-2H3,(H,26,29)/p+1/t19-/m0/s1. The molecule has 0 bridgehead atoms. The number of methoxy groups -OCH3 is 1. The maximum atomic E-state index is 12.7. The second-order valence-corrected chi connectivity index (χ2v) is 7.97. The Morgan fingerprint density at radius 1 is 1.07 bits per heavy atom. The van der Waals surface area contributed by atoms with E-state index in [0.717, 1.165) is 31.9 Å². The number of carbonyl (C=O) groups excluding carboxylic acids is 1. The molecule has 2 N–H and O–H groups in total. The summed E-state index contributed by atoms with van der Waals surface area (Å²) in [7, 11) is 1.69. The number of anilines is 1. The number of nitrogens with zero attached hydrogens (tertiary/aromatic N) is 1. The van der Waals surface area contributed by atoms with Gasteiger partial charge in [0.1, 0.15) is 5.75 Å². The van der Waals surface area contributed by atoms with E-state index in [1.165, 1.54) is 26.9 Å². The Morgan fingerprint density at radius 3 is 2.60 bits per heavy atom. The summed E-state index contributed by atoms with van der Waals surface area (Å²) in [6, 6.07) is 22.8. The van der Waals surface area contributed by atoms with E-state index in [9.17, 15) is 4.79 Å². The average molecular weight is 405 g/mol. The Morgan fingerprint density at radius 2 is 1.80 bits per heavy atom. The maximum absolute atomic E-state index is 12.7. The predicted molar refractivity (Wildman–Crippen MR) is 121 cm³/mol. The number of quaternary nitrogens is 1. The van der Waals surface area contributed by atoms with Crippen molar-refractivity contribution in [1.82, 2.24) is 5.32 Å². The molecule has 0 aliphatic carbocycles. The van der Waals surface area contributed by atoms with E-state index in [1.807, 2.05) is 24.3 Å². The van der Waals surface area contributed by atoms with Crippen LogP contribution in [0.15, 0.2) is 66.7 Å². The second kappa shape index (κ2) is 9.18. The van der Waals surface area contributed by atoms with Gasteiger partial charge in [-0.05, 0) is 35.4 Å². The Kier molecular flexibility index (Phi) is 6.19. The first-order valence-electron chi connectivity index (χ1n) is 10.6. The molecule has 5 nitrogen and oxygen atoms in total. The fourth-order valence-electron chi connectivity index (χ4n) is 4.29. The van der Waals surface area contributed by atoms with Gasteiger partial charge in [0.2, 0.25) is 0 Å². The summed E-state index contributed by atoms with van der Waals surface area (Å²) in [6.07, 6.45) is 0. The summed E-state index contributed by atoms with van der Waals surface area (Å²) in [5.74, 6) is 0.990. The molecule has 1 saturated heterocycles. The highest BCUT2D eigenvalue weighted by atomic mass is 16.5. The highest BCUT2D eigenvalue weighted by molar-refractivity contribution is 5.87. The fraction of sp³-hybridized carbons (Fsp3) is 0.320. The van der Waals surface area contributed by atoms with Crippen molar-refractivity contribution < 1.29 is 14.4 Å². The lowest BCUT2D eigenvalue weighted by atomic mass is 10.00. The molecule has 3 aromatic rings. The first kappa shape index (κ1) is 20.2. The van der Waals surface area contributed by atoms with Crippen LogP contribution in [0.25, 0.3) is 10.8 Å². The van der Waals surface area contributed by atoms with Gasteiger partial charge in [0, 0.05) is 11.8 Å². The first-order valence-corrected chi connectivity index (χ1v) is 10.6. The molecule has 1 amide bonds. The van der Waals surface area contributed by atoms with Gasteiger partial charge in [0.15, 0.2) is 6.54 Å². The van der Waals surface area contributed by atoms with Crippen molar-refractivity contribution >= 4 is 22.4 Å². The van der Waals surface area contributed by atoms with Gasteiger partial charge in [-0.2, -0.15) is 0 Å². The van der Waals surface area contributed by atoms with E-state index >= 15 is 0 Å². The van der Waals surface area contributed by atoms with Gasteiger partial charge in [-0.3, -0.25) is 4.79 Å². The smallest absolute Gasteiger partial charge is 0.275 e. The van der Waals surface area contributed by atoms with Gasteiger partial charge < -0.3 is 19.9 Å². The topological polar surface area (TPSA) is 46.0 Å². The number of hydrogen-bond donors (Lipinski definition) is 2. The number of fused-ring (bicyclic) bond motifs is 1. The predicted octanol–water partition coefficient (Wildman–Crippen LogP) is 2.43. The minimum absolute atomic E-state index is 0.0129. The number of ether oxygens (including phenoxy) is 1. The molecule has 3 aromatic carbocycles. The molecule has 4 rings (SSSR count). The molecule has 0 radical (unpaired) electrons. The lowest BCUT2D eigenvalue weighted by molar-refractivity contribution is -0.892. The van der Waals surface area contributed by atoms with Crippen LogP contribution in [0.1, 0.15) is 18.5 Å². The largest absolute Gasteiger partial charge is 0.497 e. The van der Waals surface area contributed by atoms with Crippen LogP contribution in [-0.4, -0.2) is 45.7 Å². The lowest BCUT2D eigenvalue weighted by Gasteiger charge is -2.33. The van der Waals surface area contributed by atoms with Gasteiger partial charge in [0.05, 0.1) is 39.3 Å². The van der Waals surface area contributed by atoms with Crippen molar-refractivity contribution in [3.05, 3.63) is 72.3 Å². The molecule has 0 saturated carbocycles. The van der Waals surface area contributed by atoms with Crippen molar-refractivity contribution in [1.29, 1.82) is 0 Å². The third-order valence-corrected chi connectivity index (χ3v) is 5.97. The minimum atomic E-state index is -0.0129. The van der Waals surface area contributed by atoms with E-state index in [-0.39, 0.29) is 11.9 Å². The lowest BCUT2D eigenvalue weighted by Crippen LogP contribution is -3.15. The molecule has 0 spiro atoms. The van der Waals surface area contributed by atoms with Crippen molar-refractivity contribution in [2.45, 2.75) is 13.0 Å². The molecule has 1 aliphatic heterocycles. The van der Waals surface area contributed by atoms with Crippen LogP contribution in [0.4, 0.5) is 5.69 Å². The number of amides is 1. The van der Waals surface area contributed by atoms with Crippen LogP contribution in [0, 0.1) is 0 Å². The van der Waals surface area contributed by atoms with E-state index < -0.39 is 0 Å². The zero-order chi connectivity index (χ0) is 20.9. The van der Waals surface area contributed by atoms with Crippen LogP contribution in [0.5, 0.6) is 5.75 Å². The summed E-state index contributed by atoms with van der Waals surface area (Å²) < 4.78 is 5.33. The summed E-state index contributed by atoms with van der Waals surface area (Å²) in [4.78, 5) is 16.4. The van der Waals surface area contributed by atoms with Crippen molar-refractivity contribution in [3.63, 3.8) is 0 Å². The Bertz CT molecular complexity index is 1010. The molecular weight excluding hydrogens is 374 g/mol. The van der Waals surface area contributed by atoms with Crippen molar-refractivity contribution in [2.24, 2.45) is 0 Å². The Hall–Kier alpha value is -3.05. The highest BCUT2D eigenvalue weighted by Gasteiger charge is 2.23. The van der Waals surface area contributed by atoms with Crippen molar-refractivity contribution in [3.8, 4) is 5.75 Å². The van der Waals surface area contributed by atoms with E-state index in [4.69, 9.17) is 4.74 Å². The van der Waals surface area contributed by atoms with Gasteiger partial charge in [-0.25, -0.2) is 0 Å². The van der Waals surface area contributed by atoms with Crippen molar-refractivity contribution in [2.75, 3.05) is 44.7 Å². The minimum Gasteiger partial charge on any atom is -0.497 e. The van der Waals surface area contributed by atoms with Gasteiger partial charge >= 0.3 is 0 Å². The van der Waals surface area contributed by atoms with Crippen LogP contribution in [0.2, 0.25) is 0 Å².